The normalized spacial score (nSPS) is 12.2. The molecule has 0 aliphatic rings. The predicted molar refractivity (Wildman–Crippen MR) is 114 cm³/mol. The van der Waals surface area contributed by atoms with Crippen molar-refractivity contribution < 1.29 is 32.6 Å². The van der Waals surface area contributed by atoms with Crippen LogP contribution in [0, 0.1) is 5.92 Å². The van der Waals surface area contributed by atoms with Crippen molar-refractivity contribution in [2.45, 2.75) is 19.2 Å². The SMILES string of the molecule is CN(C(=O)C(CC(=O)O)Cc1ccccc1)c1nc(-c2cccc(OC(F)(F)F)c2)cs1. The fourth-order valence-electron chi connectivity index (χ4n) is 3.13. The van der Waals surface area contributed by atoms with Crippen LogP contribution in [-0.2, 0) is 16.0 Å². The summed E-state index contributed by atoms with van der Waals surface area (Å²) in [5.74, 6) is -2.67. The van der Waals surface area contributed by atoms with E-state index in [2.05, 4.69) is 9.72 Å². The van der Waals surface area contributed by atoms with Gasteiger partial charge in [0.15, 0.2) is 5.13 Å². The molecule has 1 N–H and O–H groups in total. The number of benzene rings is 2. The fourth-order valence-corrected chi connectivity index (χ4v) is 3.93. The summed E-state index contributed by atoms with van der Waals surface area (Å²) in [6, 6.07) is 14.5. The number of rotatable bonds is 8. The summed E-state index contributed by atoms with van der Waals surface area (Å²) >= 11 is 1.13. The number of carbonyl (C=O) groups excluding carboxylic acids is 1. The third-order valence-electron chi connectivity index (χ3n) is 4.57. The summed E-state index contributed by atoms with van der Waals surface area (Å²) in [5, 5.41) is 11.2. The molecule has 0 fully saturated rings. The number of carbonyl (C=O) groups is 2. The summed E-state index contributed by atoms with van der Waals surface area (Å²) in [6.45, 7) is 0. The molecule has 0 saturated heterocycles. The summed E-state index contributed by atoms with van der Waals surface area (Å²) in [7, 11) is 1.49. The number of carboxylic acids is 1. The standard InChI is InChI=1S/C22H19F3N2O4S/c1-27(20(30)16(12-19(28)29)10-14-6-3-2-4-7-14)21-26-18(13-32-21)15-8-5-9-17(11-15)31-22(23,24)25/h2-9,11,13,16H,10,12H2,1H3,(H,28,29). The summed E-state index contributed by atoms with van der Waals surface area (Å²) in [4.78, 5) is 30.0. The number of carboxylic acid groups (broad SMARTS) is 1. The minimum atomic E-state index is -4.81. The minimum absolute atomic E-state index is 0.255. The molecular formula is C22H19F3N2O4S. The van der Waals surface area contributed by atoms with E-state index in [1.165, 1.54) is 30.1 Å². The van der Waals surface area contributed by atoms with Crippen LogP contribution >= 0.6 is 11.3 Å². The number of amides is 1. The maximum atomic E-state index is 13.0. The molecule has 0 spiro atoms. The molecule has 0 bridgehead atoms. The Morgan fingerprint density at radius 3 is 2.53 bits per heavy atom. The average molecular weight is 464 g/mol. The Kier molecular flexibility index (Phi) is 7.14. The van der Waals surface area contributed by atoms with Crippen LogP contribution in [0.1, 0.15) is 12.0 Å². The van der Waals surface area contributed by atoms with Gasteiger partial charge in [0.05, 0.1) is 18.0 Å². The molecule has 2 aromatic carbocycles. The van der Waals surface area contributed by atoms with Crippen molar-refractivity contribution in [2.75, 3.05) is 11.9 Å². The van der Waals surface area contributed by atoms with Gasteiger partial charge in [-0.3, -0.25) is 14.5 Å². The smallest absolute Gasteiger partial charge is 0.481 e. The molecule has 168 valence electrons. The first-order chi connectivity index (χ1) is 15.1. The van der Waals surface area contributed by atoms with E-state index in [9.17, 15) is 27.9 Å². The van der Waals surface area contributed by atoms with Gasteiger partial charge in [0, 0.05) is 18.0 Å². The van der Waals surface area contributed by atoms with E-state index < -0.39 is 24.2 Å². The molecule has 0 saturated carbocycles. The summed E-state index contributed by atoms with van der Waals surface area (Å²) in [5.41, 5.74) is 1.60. The second kappa shape index (κ2) is 9.82. The molecule has 6 nitrogen and oxygen atoms in total. The molecule has 1 heterocycles. The molecule has 1 amide bonds. The van der Waals surface area contributed by atoms with Gasteiger partial charge < -0.3 is 9.84 Å². The molecule has 32 heavy (non-hydrogen) atoms. The van der Waals surface area contributed by atoms with Crippen LogP contribution in [-0.4, -0.2) is 35.4 Å². The lowest BCUT2D eigenvalue weighted by Crippen LogP contribution is -2.35. The number of hydrogen-bond donors (Lipinski definition) is 1. The predicted octanol–water partition coefficient (Wildman–Crippen LogP) is 5.01. The molecular weight excluding hydrogens is 445 g/mol. The maximum Gasteiger partial charge on any atom is 0.573 e. The average Bonchev–Trinajstić information content (AvgIpc) is 3.22. The highest BCUT2D eigenvalue weighted by Gasteiger charge is 2.31. The van der Waals surface area contributed by atoms with Crippen LogP contribution in [0.25, 0.3) is 11.3 Å². The Hall–Kier alpha value is -3.40. The van der Waals surface area contributed by atoms with Crippen molar-refractivity contribution in [2.24, 2.45) is 5.92 Å². The molecule has 3 rings (SSSR count). The first-order valence-electron chi connectivity index (χ1n) is 9.47. The number of hydrogen-bond acceptors (Lipinski definition) is 5. The van der Waals surface area contributed by atoms with Crippen LogP contribution < -0.4 is 9.64 Å². The van der Waals surface area contributed by atoms with Crippen LogP contribution in [0.2, 0.25) is 0 Å². The van der Waals surface area contributed by atoms with E-state index in [1.807, 2.05) is 30.3 Å². The minimum Gasteiger partial charge on any atom is -0.481 e. The zero-order valence-corrected chi connectivity index (χ0v) is 17.7. The number of nitrogens with zero attached hydrogens (tertiary/aromatic N) is 2. The number of aliphatic carboxylic acids is 1. The second-order valence-electron chi connectivity index (χ2n) is 6.97. The van der Waals surface area contributed by atoms with Crippen LogP contribution in [0.15, 0.2) is 60.0 Å². The van der Waals surface area contributed by atoms with Gasteiger partial charge in [-0.05, 0) is 24.1 Å². The Balaban J connectivity index is 1.79. The van der Waals surface area contributed by atoms with Crippen molar-refractivity contribution in [3.05, 3.63) is 65.5 Å². The van der Waals surface area contributed by atoms with E-state index in [0.29, 0.717) is 16.4 Å². The molecule has 1 aromatic heterocycles. The zero-order chi connectivity index (χ0) is 23.3. The molecule has 3 aromatic rings. The fraction of sp³-hybridized carbons (Fsp3) is 0.227. The number of thiazole rings is 1. The number of alkyl halides is 3. The Bertz CT molecular complexity index is 1090. The van der Waals surface area contributed by atoms with E-state index >= 15 is 0 Å². The van der Waals surface area contributed by atoms with E-state index in [-0.39, 0.29) is 18.6 Å². The van der Waals surface area contributed by atoms with Gasteiger partial charge in [-0.25, -0.2) is 4.98 Å². The van der Waals surface area contributed by atoms with E-state index in [0.717, 1.165) is 16.9 Å². The topological polar surface area (TPSA) is 79.7 Å². The number of ether oxygens (including phenoxy) is 1. The summed E-state index contributed by atoms with van der Waals surface area (Å²) < 4.78 is 41.4. The molecule has 0 aliphatic carbocycles. The third kappa shape index (κ3) is 6.30. The quantitative estimate of drug-likeness (QED) is 0.507. The van der Waals surface area contributed by atoms with Crippen molar-refractivity contribution in [1.82, 2.24) is 4.98 Å². The number of halogens is 3. The lowest BCUT2D eigenvalue weighted by atomic mass is 9.95. The zero-order valence-electron chi connectivity index (χ0n) is 16.9. The maximum absolute atomic E-state index is 13.0. The first kappa shape index (κ1) is 23.3. The van der Waals surface area contributed by atoms with Gasteiger partial charge in [0.1, 0.15) is 5.75 Å². The van der Waals surface area contributed by atoms with Gasteiger partial charge in [-0.15, -0.1) is 24.5 Å². The third-order valence-corrected chi connectivity index (χ3v) is 5.49. The van der Waals surface area contributed by atoms with E-state index in [4.69, 9.17) is 0 Å². The van der Waals surface area contributed by atoms with Crippen molar-refractivity contribution in [3.63, 3.8) is 0 Å². The number of anilines is 1. The highest BCUT2D eigenvalue weighted by Crippen LogP contribution is 2.31. The molecule has 10 heteroatoms. The lowest BCUT2D eigenvalue weighted by molar-refractivity contribution is -0.274. The van der Waals surface area contributed by atoms with Gasteiger partial charge in [0.25, 0.3) is 0 Å². The first-order valence-corrected chi connectivity index (χ1v) is 10.4. The second-order valence-corrected chi connectivity index (χ2v) is 7.81. The van der Waals surface area contributed by atoms with Gasteiger partial charge in [0.2, 0.25) is 5.91 Å². The molecule has 0 aliphatic heterocycles. The van der Waals surface area contributed by atoms with Gasteiger partial charge in [-0.1, -0.05) is 42.5 Å². The van der Waals surface area contributed by atoms with Gasteiger partial charge >= 0.3 is 12.3 Å². The monoisotopic (exact) mass is 464 g/mol. The Labute approximate surface area is 185 Å². The lowest BCUT2D eigenvalue weighted by Gasteiger charge is -2.21. The largest absolute Gasteiger partial charge is 0.573 e. The Morgan fingerprint density at radius 2 is 1.88 bits per heavy atom. The highest BCUT2D eigenvalue weighted by atomic mass is 32.1. The summed E-state index contributed by atoms with van der Waals surface area (Å²) in [6.07, 6.45) is -4.89. The van der Waals surface area contributed by atoms with Crippen LogP contribution in [0.4, 0.5) is 18.3 Å². The van der Waals surface area contributed by atoms with Crippen LogP contribution in [0.3, 0.4) is 0 Å². The molecule has 1 atom stereocenters. The highest BCUT2D eigenvalue weighted by molar-refractivity contribution is 7.14. The van der Waals surface area contributed by atoms with Gasteiger partial charge in [-0.2, -0.15) is 0 Å². The molecule has 1 unspecified atom stereocenters. The van der Waals surface area contributed by atoms with Crippen molar-refractivity contribution in [3.8, 4) is 17.0 Å². The van der Waals surface area contributed by atoms with Crippen LogP contribution in [0.5, 0.6) is 5.75 Å². The van der Waals surface area contributed by atoms with Crippen molar-refractivity contribution in [1.29, 1.82) is 0 Å². The number of aromatic nitrogens is 1. The molecule has 0 radical (unpaired) electrons. The van der Waals surface area contributed by atoms with E-state index in [1.54, 1.807) is 11.4 Å². The Morgan fingerprint density at radius 1 is 1.16 bits per heavy atom. The van der Waals surface area contributed by atoms with Crippen molar-refractivity contribution >= 4 is 28.3 Å².